The molecule has 0 atom stereocenters. The van der Waals surface area contributed by atoms with Gasteiger partial charge >= 0.3 is 6.01 Å². The highest BCUT2D eigenvalue weighted by Gasteiger charge is 2.06. The molecule has 1 heterocycles. The van der Waals surface area contributed by atoms with Gasteiger partial charge in [0.25, 0.3) is 0 Å². The van der Waals surface area contributed by atoms with Crippen molar-refractivity contribution in [2.75, 3.05) is 0 Å². The Morgan fingerprint density at radius 1 is 0.895 bits per heavy atom. The van der Waals surface area contributed by atoms with E-state index in [0.29, 0.717) is 12.3 Å². The summed E-state index contributed by atoms with van der Waals surface area (Å²) < 4.78 is 5.64. The lowest BCUT2D eigenvalue weighted by molar-refractivity contribution is 0.432. The number of nitrogens with zero attached hydrogens (tertiary/aromatic N) is 3. The molecule has 2 aromatic carbocycles. The van der Waals surface area contributed by atoms with Gasteiger partial charge in [-0.25, -0.2) is 0 Å². The van der Waals surface area contributed by atoms with Crippen LogP contribution in [0.1, 0.15) is 5.56 Å². The lowest BCUT2D eigenvalue weighted by atomic mass is 10.2. The van der Waals surface area contributed by atoms with Gasteiger partial charge in [0.05, 0.1) is 5.52 Å². The van der Waals surface area contributed by atoms with Crippen molar-refractivity contribution >= 4 is 11.0 Å². The molecular formula is C14H12N4O. The minimum absolute atomic E-state index is 0.222. The summed E-state index contributed by atoms with van der Waals surface area (Å²) in [6.45, 7) is 0.400. The quantitative estimate of drug-likeness (QED) is 0.774. The van der Waals surface area contributed by atoms with Crippen molar-refractivity contribution in [3.05, 3.63) is 54.1 Å². The first kappa shape index (κ1) is 11.6. The van der Waals surface area contributed by atoms with Crippen LogP contribution in [0.25, 0.3) is 11.0 Å². The van der Waals surface area contributed by atoms with Gasteiger partial charge in [-0.3, -0.25) is 0 Å². The summed E-state index contributed by atoms with van der Waals surface area (Å²) >= 11 is 0. The van der Waals surface area contributed by atoms with E-state index in [9.17, 15) is 0 Å². The van der Waals surface area contributed by atoms with Crippen molar-refractivity contribution < 1.29 is 4.74 Å². The Bertz CT molecular complexity index is 714. The first-order chi connectivity index (χ1) is 9.36. The fourth-order valence-corrected chi connectivity index (χ4v) is 1.78. The standard InChI is InChI=1S/C14H12N4O/c15-9-10-5-1-4-8-13(10)19-14-16-11-6-2-3-7-12(11)17-18-14/h1-8H,9,15H2. The summed E-state index contributed by atoms with van der Waals surface area (Å²) in [4.78, 5) is 4.31. The van der Waals surface area contributed by atoms with Crippen molar-refractivity contribution in [2.45, 2.75) is 6.54 Å². The normalized spacial score (nSPS) is 10.6. The number of aromatic nitrogens is 3. The molecule has 0 bridgehead atoms. The fourth-order valence-electron chi connectivity index (χ4n) is 1.78. The summed E-state index contributed by atoms with van der Waals surface area (Å²) in [5, 5.41) is 8.02. The van der Waals surface area contributed by atoms with Crippen molar-refractivity contribution in [1.29, 1.82) is 0 Å². The molecular weight excluding hydrogens is 240 g/mol. The number of fused-ring (bicyclic) bond motifs is 1. The molecule has 0 spiro atoms. The SMILES string of the molecule is NCc1ccccc1Oc1nnc2ccccc2n1. The zero-order chi connectivity index (χ0) is 13.1. The number of hydrogen-bond donors (Lipinski definition) is 1. The van der Waals surface area contributed by atoms with E-state index in [1.54, 1.807) is 0 Å². The van der Waals surface area contributed by atoms with E-state index in [4.69, 9.17) is 10.5 Å². The van der Waals surface area contributed by atoms with Crippen LogP contribution in [0.5, 0.6) is 11.8 Å². The van der Waals surface area contributed by atoms with Gasteiger partial charge in [-0.05, 0) is 18.2 Å². The number of benzene rings is 2. The third-order valence-corrected chi connectivity index (χ3v) is 2.73. The largest absolute Gasteiger partial charge is 0.423 e. The molecule has 0 amide bonds. The third kappa shape index (κ3) is 2.36. The van der Waals surface area contributed by atoms with Crippen LogP contribution in [0.15, 0.2) is 48.5 Å². The number of rotatable bonds is 3. The average molecular weight is 252 g/mol. The van der Waals surface area contributed by atoms with Crippen molar-refractivity contribution in [3.63, 3.8) is 0 Å². The monoisotopic (exact) mass is 252 g/mol. The van der Waals surface area contributed by atoms with Crippen LogP contribution in [0.2, 0.25) is 0 Å². The molecule has 0 fully saturated rings. The lowest BCUT2D eigenvalue weighted by Crippen LogP contribution is -2.01. The number of hydrogen-bond acceptors (Lipinski definition) is 5. The molecule has 3 rings (SSSR count). The molecule has 0 aliphatic heterocycles. The lowest BCUT2D eigenvalue weighted by Gasteiger charge is -2.07. The zero-order valence-corrected chi connectivity index (χ0v) is 10.2. The Morgan fingerprint density at radius 2 is 1.63 bits per heavy atom. The second-order valence-corrected chi connectivity index (χ2v) is 4.00. The average Bonchev–Trinajstić information content (AvgIpc) is 2.48. The zero-order valence-electron chi connectivity index (χ0n) is 10.2. The Kier molecular flexibility index (Phi) is 3.04. The maximum Gasteiger partial charge on any atom is 0.341 e. The molecule has 0 saturated carbocycles. The molecule has 2 N–H and O–H groups in total. The van der Waals surface area contributed by atoms with E-state index >= 15 is 0 Å². The predicted molar refractivity (Wildman–Crippen MR) is 71.7 cm³/mol. The summed E-state index contributed by atoms with van der Waals surface area (Å²) in [6.07, 6.45) is 0. The van der Waals surface area contributed by atoms with Crippen LogP contribution >= 0.6 is 0 Å². The van der Waals surface area contributed by atoms with Gasteiger partial charge in [-0.2, -0.15) is 4.98 Å². The molecule has 5 nitrogen and oxygen atoms in total. The summed E-state index contributed by atoms with van der Waals surface area (Å²) in [7, 11) is 0. The van der Waals surface area contributed by atoms with Crippen LogP contribution in [-0.4, -0.2) is 15.2 Å². The van der Waals surface area contributed by atoms with Gasteiger partial charge in [-0.1, -0.05) is 35.4 Å². The molecule has 3 aromatic rings. The van der Waals surface area contributed by atoms with Crippen LogP contribution in [-0.2, 0) is 6.54 Å². The minimum Gasteiger partial charge on any atom is -0.423 e. The third-order valence-electron chi connectivity index (χ3n) is 2.73. The summed E-state index contributed by atoms with van der Waals surface area (Å²) in [6, 6.07) is 15.3. The van der Waals surface area contributed by atoms with E-state index < -0.39 is 0 Å². The smallest absolute Gasteiger partial charge is 0.341 e. The van der Waals surface area contributed by atoms with E-state index in [-0.39, 0.29) is 6.01 Å². The summed E-state index contributed by atoms with van der Waals surface area (Å²) in [5.41, 5.74) is 8.05. The molecule has 0 aliphatic carbocycles. The van der Waals surface area contributed by atoms with Crippen LogP contribution in [0.3, 0.4) is 0 Å². The van der Waals surface area contributed by atoms with Crippen molar-refractivity contribution in [3.8, 4) is 11.8 Å². The minimum atomic E-state index is 0.222. The Hall–Kier alpha value is -2.53. The molecule has 94 valence electrons. The van der Waals surface area contributed by atoms with E-state index in [2.05, 4.69) is 15.2 Å². The number of para-hydroxylation sites is 2. The van der Waals surface area contributed by atoms with Gasteiger partial charge in [0.2, 0.25) is 0 Å². The summed E-state index contributed by atoms with van der Waals surface area (Å²) in [5.74, 6) is 0.655. The van der Waals surface area contributed by atoms with Gasteiger partial charge in [-0.15, -0.1) is 5.10 Å². The van der Waals surface area contributed by atoms with E-state index in [0.717, 1.165) is 16.6 Å². The van der Waals surface area contributed by atoms with Crippen molar-refractivity contribution in [1.82, 2.24) is 15.2 Å². The Balaban J connectivity index is 1.96. The van der Waals surface area contributed by atoms with Gasteiger partial charge in [0, 0.05) is 12.1 Å². The number of nitrogens with two attached hydrogens (primary N) is 1. The van der Waals surface area contributed by atoms with Gasteiger partial charge in [0.15, 0.2) is 0 Å². The maximum absolute atomic E-state index is 5.66. The first-order valence-electron chi connectivity index (χ1n) is 5.92. The molecule has 0 aliphatic rings. The fraction of sp³-hybridized carbons (Fsp3) is 0.0714. The van der Waals surface area contributed by atoms with Crippen LogP contribution in [0.4, 0.5) is 0 Å². The molecule has 19 heavy (non-hydrogen) atoms. The highest BCUT2D eigenvalue weighted by molar-refractivity contribution is 5.73. The van der Waals surface area contributed by atoms with Gasteiger partial charge < -0.3 is 10.5 Å². The Morgan fingerprint density at radius 3 is 2.47 bits per heavy atom. The molecule has 1 aromatic heterocycles. The molecule has 5 heteroatoms. The highest BCUT2D eigenvalue weighted by Crippen LogP contribution is 2.22. The predicted octanol–water partition coefficient (Wildman–Crippen LogP) is 2.28. The van der Waals surface area contributed by atoms with Gasteiger partial charge in [0.1, 0.15) is 11.3 Å². The maximum atomic E-state index is 5.66. The van der Waals surface area contributed by atoms with E-state index in [1.165, 1.54) is 0 Å². The highest BCUT2D eigenvalue weighted by atomic mass is 16.5. The molecule has 0 unspecified atom stereocenters. The molecule has 0 saturated heterocycles. The second-order valence-electron chi connectivity index (χ2n) is 4.00. The van der Waals surface area contributed by atoms with Crippen LogP contribution in [0, 0.1) is 0 Å². The Labute approximate surface area is 110 Å². The van der Waals surface area contributed by atoms with Crippen molar-refractivity contribution in [2.24, 2.45) is 5.73 Å². The topological polar surface area (TPSA) is 73.9 Å². The molecule has 0 radical (unpaired) electrons. The van der Waals surface area contributed by atoms with Crippen LogP contribution < -0.4 is 10.5 Å². The number of ether oxygens (including phenoxy) is 1. The van der Waals surface area contributed by atoms with E-state index in [1.807, 2.05) is 48.5 Å². The second kappa shape index (κ2) is 4.99. The first-order valence-corrected chi connectivity index (χ1v) is 5.92.